The monoisotopic (exact) mass is 127 g/mol. The van der Waals surface area contributed by atoms with Gasteiger partial charge in [0.15, 0.2) is 0 Å². The van der Waals surface area contributed by atoms with E-state index in [0.717, 1.165) is 12.1 Å². The van der Waals surface area contributed by atoms with Gasteiger partial charge in [-0.25, -0.2) is 0 Å². The number of carbonyl (C=O) groups is 1. The van der Waals surface area contributed by atoms with Crippen LogP contribution in [-0.2, 0) is 4.79 Å². The lowest BCUT2D eigenvalue weighted by Gasteiger charge is -2.01. The Bertz CT molecular complexity index is 104. The zero-order valence-corrected chi connectivity index (χ0v) is 6.03. The maximum atomic E-state index is 10.6. The lowest BCUT2D eigenvalue weighted by Crippen LogP contribution is -2.20. The molecule has 0 aromatic carbocycles. The fourth-order valence-corrected chi connectivity index (χ4v) is 0.374. The molecule has 0 aromatic heterocycles. The van der Waals surface area contributed by atoms with Crippen LogP contribution in [0.15, 0.2) is 12.3 Å². The summed E-state index contributed by atoms with van der Waals surface area (Å²) in [6.45, 7) is 7.40. The summed E-state index contributed by atoms with van der Waals surface area (Å²) in [5.41, 5.74) is 0.793. The second-order valence-electron chi connectivity index (χ2n) is 1.86. The normalized spacial score (nSPS) is 8.67. The van der Waals surface area contributed by atoms with E-state index in [0.29, 0.717) is 6.42 Å². The molecule has 0 aliphatic rings. The van der Waals surface area contributed by atoms with Gasteiger partial charge in [-0.2, -0.15) is 0 Å². The number of hydrogen-bond donors (Lipinski definition) is 1. The summed E-state index contributed by atoms with van der Waals surface area (Å²) < 4.78 is 0. The van der Waals surface area contributed by atoms with Crippen molar-refractivity contribution in [1.29, 1.82) is 0 Å². The van der Waals surface area contributed by atoms with Gasteiger partial charge in [0.2, 0.25) is 5.91 Å². The smallest absolute Gasteiger partial charge is 0.223 e. The van der Waals surface area contributed by atoms with Crippen LogP contribution in [0.4, 0.5) is 0 Å². The van der Waals surface area contributed by atoms with Gasteiger partial charge in [-0.15, -0.1) is 0 Å². The molecule has 0 bridgehead atoms. The summed E-state index contributed by atoms with van der Waals surface area (Å²) in [7, 11) is 0. The molecule has 2 heteroatoms. The standard InChI is InChI=1S/C7H13NO/c1-4-6(3)8-7(9)5-2/h3-5H2,1-2H3,(H,8,9). The van der Waals surface area contributed by atoms with Gasteiger partial charge in [0.25, 0.3) is 0 Å². The molecule has 2 nitrogen and oxygen atoms in total. The van der Waals surface area contributed by atoms with Gasteiger partial charge in [-0.1, -0.05) is 20.4 Å². The first-order valence-corrected chi connectivity index (χ1v) is 3.18. The van der Waals surface area contributed by atoms with Crippen LogP contribution in [0.5, 0.6) is 0 Å². The number of nitrogens with one attached hydrogen (secondary N) is 1. The van der Waals surface area contributed by atoms with E-state index in [4.69, 9.17) is 0 Å². The van der Waals surface area contributed by atoms with Crippen LogP contribution in [0.3, 0.4) is 0 Å². The SMILES string of the molecule is C=C(CC)NC(=O)CC. The molecule has 0 saturated carbocycles. The Morgan fingerprint density at radius 2 is 2.00 bits per heavy atom. The minimum Gasteiger partial charge on any atom is -0.330 e. The van der Waals surface area contributed by atoms with Crippen molar-refractivity contribution >= 4 is 5.91 Å². The third-order valence-electron chi connectivity index (χ3n) is 1.06. The van der Waals surface area contributed by atoms with Gasteiger partial charge in [-0.05, 0) is 6.42 Å². The van der Waals surface area contributed by atoms with E-state index in [2.05, 4.69) is 11.9 Å². The summed E-state index contributed by atoms with van der Waals surface area (Å²) in [5.74, 6) is 0.0434. The average Bonchev–Trinajstić information content (AvgIpc) is 1.87. The Morgan fingerprint density at radius 1 is 1.44 bits per heavy atom. The highest BCUT2D eigenvalue weighted by Gasteiger charge is 1.95. The molecule has 0 radical (unpaired) electrons. The number of hydrogen-bond acceptors (Lipinski definition) is 1. The number of allylic oxidation sites excluding steroid dienone is 1. The zero-order chi connectivity index (χ0) is 7.28. The van der Waals surface area contributed by atoms with E-state index in [1.807, 2.05) is 13.8 Å². The Morgan fingerprint density at radius 3 is 2.33 bits per heavy atom. The van der Waals surface area contributed by atoms with Gasteiger partial charge in [0, 0.05) is 12.1 Å². The molecular formula is C7H13NO. The van der Waals surface area contributed by atoms with Crippen LogP contribution >= 0.6 is 0 Å². The summed E-state index contributed by atoms with van der Waals surface area (Å²) in [4.78, 5) is 10.6. The number of rotatable bonds is 3. The van der Waals surface area contributed by atoms with E-state index in [-0.39, 0.29) is 5.91 Å². The molecular weight excluding hydrogens is 114 g/mol. The van der Waals surface area contributed by atoms with Crippen LogP contribution in [0.1, 0.15) is 26.7 Å². The maximum Gasteiger partial charge on any atom is 0.223 e. The van der Waals surface area contributed by atoms with Crippen LogP contribution in [0.25, 0.3) is 0 Å². The first-order valence-electron chi connectivity index (χ1n) is 3.18. The van der Waals surface area contributed by atoms with Crippen molar-refractivity contribution in [2.45, 2.75) is 26.7 Å². The van der Waals surface area contributed by atoms with Crippen LogP contribution in [0, 0.1) is 0 Å². The Kier molecular flexibility index (Phi) is 3.76. The van der Waals surface area contributed by atoms with E-state index < -0.39 is 0 Å². The summed E-state index contributed by atoms with van der Waals surface area (Å²) in [5, 5.41) is 2.65. The van der Waals surface area contributed by atoms with Gasteiger partial charge >= 0.3 is 0 Å². The van der Waals surface area contributed by atoms with Crippen molar-refractivity contribution in [3.05, 3.63) is 12.3 Å². The van der Waals surface area contributed by atoms with Crippen molar-refractivity contribution in [3.63, 3.8) is 0 Å². The van der Waals surface area contributed by atoms with Crippen molar-refractivity contribution in [3.8, 4) is 0 Å². The van der Waals surface area contributed by atoms with Gasteiger partial charge in [0.1, 0.15) is 0 Å². The van der Waals surface area contributed by atoms with Crippen LogP contribution < -0.4 is 5.32 Å². The van der Waals surface area contributed by atoms with Gasteiger partial charge < -0.3 is 5.32 Å². The molecule has 0 rings (SSSR count). The molecule has 1 N–H and O–H groups in total. The number of carbonyl (C=O) groups excluding carboxylic acids is 1. The summed E-state index contributed by atoms with van der Waals surface area (Å²) in [6.07, 6.45) is 1.34. The largest absolute Gasteiger partial charge is 0.330 e. The first kappa shape index (κ1) is 8.21. The highest BCUT2D eigenvalue weighted by atomic mass is 16.1. The predicted molar refractivity (Wildman–Crippen MR) is 37.9 cm³/mol. The number of amides is 1. The molecule has 1 amide bonds. The van der Waals surface area contributed by atoms with Crippen LogP contribution in [0.2, 0.25) is 0 Å². The van der Waals surface area contributed by atoms with E-state index >= 15 is 0 Å². The lowest BCUT2D eigenvalue weighted by atomic mass is 10.3. The third-order valence-corrected chi connectivity index (χ3v) is 1.06. The highest BCUT2D eigenvalue weighted by molar-refractivity contribution is 5.77. The Balaban J connectivity index is 3.47. The van der Waals surface area contributed by atoms with E-state index in [1.54, 1.807) is 0 Å². The minimum absolute atomic E-state index is 0.0434. The Labute approximate surface area is 56.0 Å². The molecule has 52 valence electrons. The highest BCUT2D eigenvalue weighted by Crippen LogP contribution is 1.90. The van der Waals surface area contributed by atoms with Crippen molar-refractivity contribution in [2.24, 2.45) is 0 Å². The van der Waals surface area contributed by atoms with Gasteiger partial charge in [-0.3, -0.25) is 4.79 Å². The molecule has 0 atom stereocenters. The van der Waals surface area contributed by atoms with E-state index in [9.17, 15) is 4.79 Å². The second-order valence-corrected chi connectivity index (χ2v) is 1.86. The lowest BCUT2D eigenvalue weighted by molar-refractivity contribution is -0.120. The fourth-order valence-electron chi connectivity index (χ4n) is 0.374. The van der Waals surface area contributed by atoms with Crippen molar-refractivity contribution in [2.75, 3.05) is 0 Å². The molecule has 0 heterocycles. The van der Waals surface area contributed by atoms with E-state index in [1.165, 1.54) is 0 Å². The summed E-state index contributed by atoms with van der Waals surface area (Å²) in [6, 6.07) is 0. The topological polar surface area (TPSA) is 29.1 Å². The average molecular weight is 127 g/mol. The predicted octanol–water partition coefficient (Wildman–Crippen LogP) is 1.44. The molecule has 0 fully saturated rings. The van der Waals surface area contributed by atoms with Gasteiger partial charge in [0.05, 0.1) is 0 Å². The molecule has 0 aliphatic heterocycles. The second kappa shape index (κ2) is 4.13. The maximum absolute atomic E-state index is 10.6. The van der Waals surface area contributed by atoms with Crippen LogP contribution in [-0.4, -0.2) is 5.91 Å². The molecule has 0 aromatic rings. The quantitative estimate of drug-likeness (QED) is 0.610. The molecule has 0 aliphatic carbocycles. The third kappa shape index (κ3) is 3.76. The molecule has 9 heavy (non-hydrogen) atoms. The molecule has 0 saturated heterocycles. The molecule has 0 spiro atoms. The fraction of sp³-hybridized carbons (Fsp3) is 0.571. The minimum atomic E-state index is 0.0434. The van der Waals surface area contributed by atoms with Crippen molar-refractivity contribution < 1.29 is 4.79 Å². The summed E-state index contributed by atoms with van der Waals surface area (Å²) >= 11 is 0. The first-order chi connectivity index (χ1) is 4.20. The Hall–Kier alpha value is -0.790. The zero-order valence-electron chi connectivity index (χ0n) is 6.03. The molecule has 0 unspecified atom stereocenters. The van der Waals surface area contributed by atoms with Crippen molar-refractivity contribution in [1.82, 2.24) is 5.32 Å².